The van der Waals surface area contributed by atoms with Gasteiger partial charge in [-0.15, -0.1) is 0 Å². The second-order valence-corrected chi connectivity index (χ2v) is 5.80. The topological polar surface area (TPSA) is 27.7 Å². The third kappa shape index (κ3) is 6.68. The van der Waals surface area contributed by atoms with Gasteiger partial charge in [0.15, 0.2) is 0 Å². The van der Waals surface area contributed by atoms with Crippen LogP contribution >= 0.6 is 22.6 Å². The van der Waals surface area contributed by atoms with Crippen molar-refractivity contribution in [2.24, 2.45) is 0 Å². The molecule has 1 rings (SSSR count). The summed E-state index contributed by atoms with van der Waals surface area (Å²) < 4.78 is 17.7. The molecule has 0 heterocycles. The Morgan fingerprint density at radius 1 is 0.944 bits per heavy atom. The summed E-state index contributed by atoms with van der Waals surface area (Å²) in [7, 11) is 1.70. The van der Waals surface area contributed by atoms with E-state index in [1.54, 1.807) is 7.11 Å². The number of hydrogen-bond acceptors (Lipinski definition) is 3. The summed E-state index contributed by atoms with van der Waals surface area (Å²) in [5.74, 6) is 0. The summed E-state index contributed by atoms with van der Waals surface area (Å²) in [6, 6.07) is 0. The van der Waals surface area contributed by atoms with E-state index < -0.39 is 0 Å². The predicted molar refractivity (Wildman–Crippen MR) is 82.6 cm³/mol. The smallest absolute Gasteiger partial charge is 0.0771 e. The van der Waals surface area contributed by atoms with E-state index in [1.807, 2.05) is 0 Å². The van der Waals surface area contributed by atoms with Crippen molar-refractivity contribution >= 4 is 22.6 Å². The second kappa shape index (κ2) is 10.4. The lowest BCUT2D eigenvalue weighted by atomic mass is 9.97. The molecule has 0 aromatic heterocycles. The van der Waals surface area contributed by atoms with E-state index in [1.165, 1.54) is 38.5 Å². The molecule has 0 unspecified atom stereocenters. The molecule has 0 aromatic rings. The van der Waals surface area contributed by atoms with E-state index in [9.17, 15) is 0 Å². The van der Waals surface area contributed by atoms with Gasteiger partial charge < -0.3 is 14.2 Å². The number of methoxy groups -OCH3 is 1. The van der Waals surface area contributed by atoms with Gasteiger partial charge in [-0.25, -0.2) is 0 Å². The van der Waals surface area contributed by atoms with Gasteiger partial charge in [-0.1, -0.05) is 48.3 Å². The molecular formula is C14H27IO3. The molecule has 1 aliphatic carbocycles. The summed E-state index contributed by atoms with van der Waals surface area (Å²) >= 11 is 2.48. The summed E-state index contributed by atoms with van der Waals surface area (Å²) in [4.78, 5) is 0. The van der Waals surface area contributed by atoms with E-state index >= 15 is 0 Å². The van der Waals surface area contributed by atoms with Crippen LogP contribution in [0, 0.1) is 0 Å². The van der Waals surface area contributed by atoms with Crippen molar-refractivity contribution in [3.8, 4) is 0 Å². The first kappa shape index (κ1) is 16.7. The first-order valence-electron chi connectivity index (χ1n) is 7.09. The van der Waals surface area contributed by atoms with Crippen LogP contribution in [-0.2, 0) is 14.2 Å². The fraction of sp³-hybridized carbons (Fsp3) is 1.00. The van der Waals surface area contributed by atoms with Crippen molar-refractivity contribution in [3.05, 3.63) is 0 Å². The largest absolute Gasteiger partial charge is 0.382 e. The van der Waals surface area contributed by atoms with Crippen LogP contribution in [0.2, 0.25) is 0 Å². The number of halogens is 1. The van der Waals surface area contributed by atoms with E-state index in [-0.39, 0.29) is 5.60 Å². The average molecular weight is 370 g/mol. The Balaban J connectivity index is 2.10. The Morgan fingerprint density at radius 2 is 1.67 bits per heavy atom. The van der Waals surface area contributed by atoms with Crippen molar-refractivity contribution in [2.45, 2.75) is 50.5 Å². The van der Waals surface area contributed by atoms with Gasteiger partial charge in [0, 0.05) is 24.8 Å². The van der Waals surface area contributed by atoms with E-state index in [0.29, 0.717) is 13.2 Å². The summed E-state index contributed by atoms with van der Waals surface area (Å²) in [6.07, 6.45) is 8.87. The maximum Gasteiger partial charge on any atom is 0.0771 e. The summed E-state index contributed by atoms with van der Waals surface area (Å²) in [5.41, 5.74) is 0.156. The monoisotopic (exact) mass is 370 g/mol. The first-order valence-corrected chi connectivity index (χ1v) is 8.62. The lowest BCUT2D eigenvalue weighted by molar-refractivity contribution is -0.0450. The van der Waals surface area contributed by atoms with Crippen molar-refractivity contribution < 1.29 is 14.2 Å². The highest BCUT2D eigenvalue weighted by Gasteiger charge is 2.30. The quantitative estimate of drug-likeness (QED) is 0.269. The van der Waals surface area contributed by atoms with Gasteiger partial charge in [0.05, 0.1) is 18.8 Å². The third-order valence-electron chi connectivity index (χ3n) is 3.53. The zero-order chi connectivity index (χ0) is 13.1. The zero-order valence-corrected chi connectivity index (χ0v) is 13.7. The predicted octanol–water partition coefficient (Wildman–Crippen LogP) is 3.58. The average Bonchev–Trinajstić information content (AvgIpc) is 2.64. The van der Waals surface area contributed by atoms with Gasteiger partial charge in [-0.05, 0) is 19.3 Å². The standard InChI is InChI=1S/C14H27IO3/c1-16-11-12-17-9-6-10-18-14(13-15)7-4-2-3-5-8-14/h2-13H2,1H3. The van der Waals surface area contributed by atoms with Crippen LogP contribution in [0.3, 0.4) is 0 Å². The molecule has 1 aliphatic rings. The highest BCUT2D eigenvalue weighted by molar-refractivity contribution is 14.1. The minimum Gasteiger partial charge on any atom is -0.382 e. The van der Waals surface area contributed by atoms with Crippen molar-refractivity contribution in [1.29, 1.82) is 0 Å². The van der Waals surface area contributed by atoms with Crippen LogP contribution in [0.4, 0.5) is 0 Å². The van der Waals surface area contributed by atoms with Gasteiger partial charge >= 0.3 is 0 Å². The maximum absolute atomic E-state index is 6.19. The molecule has 1 saturated carbocycles. The Morgan fingerprint density at radius 3 is 2.28 bits per heavy atom. The van der Waals surface area contributed by atoms with Gasteiger partial charge in [-0.2, -0.15) is 0 Å². The van der Waals surface area contributed by atoms with Crippen molar-refractivity contribution in [1.82, 2.24) is 0 Å². The van der Waals surface area contributed by atoms with Crippen molar-refractivity contribution in [2.75, 3.05) is 38.0 Å². The van der Waals surface area contributed by atoms with Crippen LogP contribution in [0.25, 0.3) is 0 Å². The van der Waals surface area contributed by atoms with Crippen LogP contribution < -0.4 is 0 Å². The number of alkyl halides is 1. The lowest BCUT2D eigenvalue weighted by Crippen LogP contribution is -2.34. The lowest BCUT2D eigenvalue weighted by Gasteiger charge is -2.31. The van der Waals surface area contributed by atoms with Crippen LogP contribution in [-0.4, -0.2) is 43.6 Å². The molecule has 0 N–H and O–H groups in total. The molecular weight excluding hydrogens is 343 g/mol. The van der Waals surface area contributed by atoms with Gasteiger partial charge in [0.2, 0.25) is 0 Å². The highest BCUT2D eigenvalue weighted by atomic mass is 127. The molecule has 108 valence electrons. The molecule has 1 fully saturated rings. The molecule has 0 aromatic carbocycles. The minimum atomic E-state index is 0.156. The van der Waals surface area contributed by atoms with Gasteiger partial charge in [0.25, 0.3) is 0 Å². The normalized spacial score (nSPS) is 19.7. The molecule has 18 heavy (non-hydrogen) atoms. The van der Waals surface area contributed by atoms with Gasteiger partial charge in [0.1, 0.15) is 0 Å². The Labute approximate surface area is 125 Å². The highest BCUT2D eigenvalue weighted by Crippen LogP contribution is 2.32. The fourth-order valence-corrected chi connectivity index (χ4v) is 3.37. The van der Waals surface area contributed by atoms with Gasteiger partial charge in [-0.3, -0.25) is 0 Å². The molecule has 0 saturated heterocycles. The fourth-order valence-electron chi connectivity index (χ4n) is 2.38. The molecule has 4 heteroatoms. The second-order valence-electron chi connectivity index (χ2n) is 5.04. The first-order chi connectivity index (χ1) is 8.83. The number of ether oxygens (including phenoxy) is 3. The Kier molecular flexibility index (Phi) is 9.63. The van der Waals surface area contributed by atoms with Crippen molar-refractivity contribution in [3.63, 3.8) is 0 Å². The van der Waals surface area contributed by atoms with Crippen LogP contribution in [0.1, 0.15) is 44.9 Å². The third-order valence-corrected chi connectivity index (χ3v) is 4.92. The molecule has 0 aliphatic heterocycles. The SMILES string of the molecule is COCCOCCCOC1(CI)CCCCCC1. The molecule has 0 bridgehead atoms. The Bertz CT molecular complexity index is 191. The van der Waals surface area contributed by atoms with E-state index in [2.05, 4.69) is 22.6 Å². The van der Waals surface area contributed by atoms with E-state index in [0.717, 1.165) is 24.1 Å². The number of hydrogen-bond donors (Lipinski definition) is 0. The molecule has 0 atom stereocenters. The van der Waals surface area contributed by atoms with E-state index in [4.69, 9.17) is 14.2 Å². The molecule has 0 spiro atoms. The Hall–Kier alpha value is 0.610. The molecule has 0 amide bonds. The van der Waals surface area contributed by atoms with Crippen LogP contribution in [0.15, 0.2) is 0 Å². The maximum atomic E-state index is 6.19. The molecule has 0 radical (unpaired) electrons. The zero-order valence-electron chi connectivity index (χ0n) is 11.6. The number of rotatable bonds is 9. The molecule has 3 nitrogen and oxygen atoms in total. The summed E-state index contributed by atoms with van der Waals surface area (Å²) in [5, 5.41) is 0. The minimum absolute atomic E-state index is 0.156. The summed E-state index contributed by atoms with van der Waals surface area (Å²) in [6.45, 7) is 2.98. The van der Waals surface area contributed by atoms with Crippen LogP contribution in [0.5, 0.6) is 0 Å².